The number of amides is 14. The molecule has 2 rings (SSSR count). The highest BCUT2D eigenvalue weighted by Gasteiger charge is 2.38. The van der Waals surface area contributed by atoms with Gasteiger partial charge >= 0.3 is 5.97 Å². The molecule has 2 aromatic rings. The second-order valence-electron chi connectivity index (χ2n) is 26.6. The molecule has 0 aliphatic rings. The summed E-state index contributed by atoms with van der Waals surface area (Å²) in [5, 5.41) is 93.2. The van der Waals surface area contributed by atoms with Gasteiger partial charge < -0.3 is 133 Å². The second-order valence-corrected chi connectivity index (χ2v) is 27.3. The van der Waals surface area contributed by atoms with E-state index in [1.54, 1.807) is 81.4 Å². The average molecular weight is 1660 g/mol. The number of carbonyl (C=O) groups is 16. The second kappa shape index (κ2) is 54.3. The number of aldehydes is 1. The Balaban J connectivity index is 2.36. The lowest BCUT2D eigenvalue weighted by molar-refractivity contribution is -0.142. The zero-order chi connectivity index (χ0) is 86.3. The lowest BCUT2D eigenvalue weighted by Crippen LogP contribution is -2.62. The number of guanidine groups is 3. The number of aliphatic hydroxyl groups excluding tert-OH is 2. The largest absolute Gasteiger partial charge is 0.481 e. The highest BCUT2D eigenvalue weighted by Crippen LogP contribution is 2.15. The third kappa shape index (κ3) is 39.2. The van der Waals surface area contributed by atoms with Crippen LogP contribution in [0.1, 0.15) is 96.6 Å². The molecule has 2 aromatic carbocycles. The van der Waals surface area contributed by atoms with Crippen molar-refractivity contribution in [3.63, 3.8) is 0 Å². The lowest BCUT2D eigenvalue weighted by Gasteiger charge is -2.30. The Morgan fingerprint density at radius 3 is 1.19 bits per heavy atom. The summed E-state index contributed by atoms with van der Waals surface area (Å²) >= 11 is 8.37. The number of hydrogen-bond acceptors (Lipinski definition) is 24. The molecule has 31 N–H and O–H groups in total. The van der Waals surface area contributed by atoms with Gasteiger partial charge in [0.25, 0.3) is 0 Å². The number of aliphatic hydroxyl groups is 2. The van der Waals surface area contributed by atoms with Gasteiger partial charge in [-0.3, -0.25) is 88.1 Å². The van der Waals surface area contributed by atoms with Crippen LogP contribution in [0.3, 0.4) is 0 Å². The molecule has 0 spiro atoms. The Kier molecular flexibility index (Phi) is 47.0. The zero-order valence-electron chi connectivity index (χ0n) is 64.4. The fourth-order valence-electron chi connectivity index (χ4n) is 10.6. The van der Waals surface area contributed by atoms with Gasteiger partial charge in [-0.2, -0.15) is 25.3 Å². The number of carboxylic acid groups (broad SMARTS) is 1. The molecule has 638 valence electrons. The molecule has 115 heavy (non-hydrogen) atoms. The van der Waals surface area contributed by atoms with E-state index in [1.165, 1.54) is 6.92 Å². The van der Waals surface area contributed by atoms with Gasteiger partial charge in [0.15, 0.2) is 17.9 Å². The van der Waals surface area contributed by atoms with Crippen molar-refractivity contribution < 1.29 is 92.0 Å². The molecule has 0 aliphatic carbocycles. The Morgan fingerprint density at radius 1 is 0.409 bits per heavy atom. The quantitative estimate of drug-likeness (QED) is 0.00961. The number of benzene rings is 2. The van der Waals surface area contributed by atoms with Crippen molar-refractivity contribution in [1.82, 2.24) is 90.4 Å². The minimum Gasteiger partial charge on any atom is -0.481 e. The van der Waals surface area contributed by atoms with Crippen molar-refractivity contribution in [3.05, 3.63) is 71.8 Å². The highest BCUT2D eigenvalue weighted by atomic mass is 32.1. The summed E-state index contributed by atoms with van der Waals surface area (Å²) < 4.78 is 0. The van der Waals surface area contributed by atoms with Gasteiger partial charge in [-0.25, -0.2) is 0 Å². The standard InChI is InChI=1S/C70H112N24O19S2/c1-5-37(3)55(93-60(106)43(21-14-24-79-69(74)75)85-52(99)30-81-51(98)29-82-58(104)45(26-39-16-9-7-10-17-39)86-53(100)31-83-59(105)49(35-114)91-64(110)48(34-97)90-57(103)42(71)33-96)66(112)89-47(28-54(101)102)63(109)87-44(22-15-25-80-70(76)77)61(107)94-56(38(4)6-2)67(113)92-50(36-115)65(111)88-46(27-40-18-11-8-12-19-40)62(108)84-41(32-95)20-13-23-78-68(72)73/h7-12,16-19,32,37-38,41-50,55-56,96-97,114-115H,5-6,13-15,20-31,33-36,71H2,1-4H3,(H,81,98)(H,82,104)(H,83,105)(H,84,108)(H,85,99)(H,86,100)(H,87,109)(H,88,111)(H,89,112)(H,90,103)(H,91,110)(H,92,113)(H,93,106)(H,94,107)(H,101,102)(H4,72,73,78)(H4,74,75,79)(H4,76,77,80)/t37-,38-,41-,42-,43-,44-,45-,46-,47-,48-,49-,50-,55-,56-/m0/s1. The smallest absolute Gasteiger partial charge is 0.305 e. The Hall–Kier alpha value is -11.5. The summed E-state index contributed by atoms with van der Waals surface area (Å²) in [6.07, 6.45) is -0.354. The van der Waals surface area contributed by atoms with Crippen LogP contribution in [0, 0.1) is 28.1 Å². The van der Waals surface area contributed by atoms with Crippen LogP contribution in [0.2, 0.25) is 0 Å². The number of nitrogens with one attached hydrogen (secondary N) is 20. The van der Waals surface area contributed by atoms with Crippen LogP contribution in [0.25, 0.3) is 0 Å². The summed E-state index contributed by atoms with van der Waals surface area (Å²) in [6, 6.07) is -0.942. The van der Waals surface area contributed by atoms with E-state index in [1.807, 2.05) is 0 Å². The summed E-state index contributed by atoms with van der Waals surface area (Å²) in [6.45, 7) is 2.57. The Morgan fingerprint density at radius 2 is 0.757 bits per heavy atom. The predicted octanol–water partition coefficient (Wildman–Crippen LogP) is -9.12. The highest BCUT2D eigenvalue weighted by molar-refractivity contribution is 7.80. The molecule has 0 heterocycles. The normalized spacial score (nSPS) is 14.5. The Labute approximate surface area is 675 Å². The van der Waals surface area contributed by atoms with Crippen LogP contribution in [0.4, 0.5) is 0 Å². The number of aliphatic carboxylic acids is 1. The molecule has 0 aromatic heterocycles. The molecule has 0 fully saturated rings. The van der Waals surface area contributed by atoms with E-state index in [4.69, 9.17) is 44.3 Å². The maximum Gasteiger partial charge on any atom is 0.305 e. The Bertz CT molecular complexity index is 3620. The molecule has 14 atom stereocenters. The molecule has 43 nitrogen and oxygen atoms in total. The van der Waals surface area contributed by atoms with Gasteiger partial charge in [-0.15, -0.1) is 0 Å². The van der Waals surface area contributed by atoms with Crippen LogP contribution in [-0.4, -0.2) is 265 Å². The number of hydrogen-bond donors (Lipinski definition) is 29. The first-order valence-electron chi connectivity index (χ1n) is 36.9. The molecule has 14 amide bonds. The molecule has 0 saturated carbocycles. The van der Waals surface area contributed by atoms with Gasteiger partial charge in [-0.05, 0) is 61.5 Å². The summed E-state index contributed by atoms with van der Waals surface area (Å²) in [5.74, 6) is -18.6. The van der Waals surface area contributed by atoms with Crippen molar-refractivity contribution in [2.24, 2.45) is 34.8 Å². The van der Waals surface area contributed by atoms with Crippen molar-refractivity contribution in [2.45, 2.75) is 171 Å². The number of thiol groups is 2. The predicted molar refractivity (Wildman–Crippen MR) is 425 cm³/mol. The van der Waals surface area contributed by atoms with E-state index in [2.05, 4.69) is 116 Å². The fourth-order valence-corrected chi connectivity index (χ4v) is 11.1. The number of nitrogens with two attached hydrogens (primary N) is 4. The van der Waals surface area contributed by atoms with Gasteiger partial charge in [0, 0.05) is 44.0 Å². The van der Waals surface area contributed by atoms with E-state index in [0.29, 0.717) is 23.8 Å². The minimum absolute atomic E-state index is 0.00166. The van der Waals surface area contributed by atoms with Crippen LogP contribution >= 0.6 is 25.3 Å². The number of carboxylic acids is 1. The monoisotopic (exact) mass is 1660 g/mol. The molecule has 0 bridgehead atoms. The van der Waals surface area contributed by atoms with E-state index in [9.17, 15) is 86.9 Å². The van der Waals surface area contributed by atoms with E-state index in [0.717, 1.165) is 0 Å². The van der Waals surface area contributed by atoms with Crippen LogP contribution in [0.5, 0.6) is 0 Å². The molecular formula is C70H112N24O19S2. The summed E-state index contributed by atoms with van der Waals surface area (Å²) in [7, 11) is 0. The SMILES string of the molecule is CC[C@H](C)[C@H](NC(=O)[C@H](CCCNC(=N)N)NC(=O)CNC(=O)CNC(=O)[C@H](Cc1ccccc1)NC(=O)CNC(=O)[C@H](CS)NC(=O)[C@H](CO)NC(=O)[C@@H](N)CO)C(=O)N[C@@H](CC(=O)O)C(=O)N[C@@H](CCCNC(=N)N)C(=O)N[C@H](C(=O)N[C@@H](CS)C(=O)N[C@@H](Cc1ccccc1)C(=O)N[C@H](C=O)CCCNC(=N)N)[C@@H](C)CC. The first-order valence-corrected chi connectivity index (χ1v) is 38.1. The van der Waals surface area contributed by atoms with Gasteiger partial charge in [0.05, 0.1) is 45.3 Å². The third-order valence-corrected chi connectivity index (χ3v) is 18.2. The maximum atomic E-state index is 14.5. The van der Waals surface area contributed by atoms with Crippen LogP contribution in [-0.2, 0) is 89.6 Å². The topological polar surface area (TPSA) is 714 Å². The summed E-state index contributed by atoms with van der Waals surface area (Å²) in [4.78, 5) is 216. The van der Waals surface area contributed by atoms with Crippen molar-refractivity contribution in [3.8, 4) is 0 Å². The average Bonchev–Trinajstić information content (AvgIpc) is 0.845. The number of rotatable bonds is 55. The maximum absolute atomic E-state index is 14.5. The molecule has 0 aliphatic heterocycles. The molecule has 0 saturated heterocycles. The fraction of sp³-hybridized carbons (Fsp3) is 0.557. The lowest BCUT2D eigenvalue weighted by atomic mass is 9.96. The molecule has 45 heteroatoms. The van der Waals surface area contributed by atoms with E-state index >= 15 is 0 Å². The van der Waals surface area contributed by atoms with Crippen molar-refractivity contribution in [2.75, 3.05) is 64.0 Å². The molecule has 0 unspecified atom stereocenters. The van der Waals surface area contributed by atoms with E-state index < -0.39 is 224 Å². The van der Waals surface area contributed by atoms with Crippen LogP contribution in [0.15, 0.2) is 60.7 Å². The zero-order valence-corrected chi connectivity index (χ0v) is 66.1. The van der Waals surface area contributed by atoms with Crippen molar-refractivity contribution in [1.29, 1.82) is 16.2 Å². The minimum atomic E-state index is -1.98. The van der Waals surface area contributed by atoms with Gasteiger partial charge in [-0.1, -0.05) is 101 Å². The summed E-state index contributed by atoms with van der Waals surface area (Å²) in [5.41, 5.74) is 22.9. The molecule has 0 radical (unpaired) electrons. The van der Waals surface area contributed by atoms with Crippen LogP contribution < -0.4 is 113 Å². The van der Waals surface area contributed by atoms with Crippen molar-refractivity contribution >= 4 is 138 Å². The van der Waals surface area contributed by atoms with E-state index in [-0.39, 0.29) is 94.9 Å². The first kappa shape index (κ1) is 99.6. The van der Waals surface area contributed by atoms with Gasteiger partial charge in [0.2, 0.25) is 82.7 Å². The third-order valence-electron chi connectivity index (χ3n) is 17.5. The molecular weight excluding hydrogens is 1550 g/mol. The van der Waals surface area contributed by atoms with Gasteiger partial charge in [0.1, 0.15) is 72.7 Å². The first-order chi connectivity index (χ1) is 54.5. The number of carbonyl (C=O) groups excluding carboxylic acids is 15.